The minimum atomic E-state index is -0.935. The van der Waals surface area contributed by atoms with Crippen LogP contribution in [0.1, 0.15) is 33.6 Å². The van der Waals surface area contributed by atoms with E-state index < -0.39 is 5.97 Å². The molecule has 0 aromatic rings. The van der Waals surface area contributed by atoms with Gasteiger partial charge in [-0.05, 0) is 20.3 Å². The van der Waals surface area contributed by atoms with E-state index in [1.54, 1.807) is 6.92 Å². The maximum Gasteiger partial charge on any atom is 0.342 e. The number of carbonyl (C=O) groups is 2. The summed E-state index contributed by atoms with van der Waals surface area (Å²) in [5, 5.41) is 17.1. The molecule has 6 nitrogen and oxygen atoms in total. The lowest BCUT2D eigenvalue weighted by Gasteiger charge is -1.97. The minimum absolute atomic E-state index is 0.167. The molecule has 0 unspecified atom stereocenters. The van der Waals surface area contributed by atoms with Crippen molar-refractivity contribution in [3.63, 3.8) is 0 Å². The van der Waals surface area contributed by atoms with Gasteiger partial charge in [0.15, 0.2) is 0 Å². The van der Waals surface area contributed by atoms with Gasteiger partial charge in [0.25, 0.3) is 0 Å². The van der Waals surface area contributed by atoms with Crippen LogP contribution in [0.4, 0.5) is 0 Å². The first-order valence-corrected chi connectivity index (χ1v) is 5.77. The van der Waals surface area contributed by atoms with Gasteiger partial charge in [-0.15, -0.1) is 6.58 Å². The third-order valence-corrected chi connectivity index (χ3v) is 1.21. The Morgan fingerprint density at radius 1 is 1.32 bits per heavy atom. The third kappa shape index (κ3) is 31.4. The first-order chi connectivity index (χ1) is 8.87. The van der Waals surface area contributed by atoms with Crippen molar-refractivity contribution in [2.75, 3.05) is 13.2 Å². The van der Waals surface area contributed by atoms with Crippen LogP contribution < -0.4 is 0 Å². The quantitative estimate of drug-likeness (QED) is 0.348. The standard InChI is InChI=1S/C6H12O3.C4H6O2.C3H5O/c1-3-5-6(7)9-8-4-2;1-3(2)4(5)6;1-2-3-4/h3-5H2,1-2H3;1H2,2H3,(H,5,6);2H,1,3H2. The average molecular weight is 275 g/mol. The van der Waals surface area contributed by atoms with Crippen LogP contribution in [-0.4, -0.2) is 30.3 Å². The number of aliphatic carboxylic acids is 1. The Kier molecular flexibility index (Phi) is 22.2. The Morgan fingerprint density at radius 2 is 1.74 bits per heavy atom. The van der Waals surface area contributed by atoms with Crippen LogP contribution in [0, 0.1) is 0 Å². The molecule has 0 saturated carbocycles. The molecule has 0 saturated heterocycles. The monoisotopic (exact) mass is 275 g/mol. The molecule has 111 valence electrons. The Morgan fingerprint density at radius 3 is 1.95 bits per heavy atom. The highest BCUT2D eigenvalue weighted by Crippen LogP contribution is 1.90. The average Bonchev–Trinajstić information content (AvgIpc) is 2.37. The van der Waals surface area contributed by atoms with Gasteiger partial charge >= 0.3 is 11.9 Å². The van der Waals surface area contributed by atoms with Gasteiger partial charge in [-0.1, -0.05) is 19.6 Å². The Labute approximate surface area is 114 Å². The van der Waals surface area contributed by atoms with Crippen molar-refractivity contribution < 1.29 is 29.6 Å². The predicted molar refractivity (Wildman–Crippen MR) is 70.8 cm³/mol. The highest BCUT2D eigenvalue weighted by molar-refractivity contribution is 5.84. The first-order valence-electron chi connectivity index (χ1n) is 5.77. The van der Waals surface area contributed by atoms with E-state index >= 15 is 0 Å². The highest BCUT2D eigenvalue weighted by atomic mass is 17.2. The second-order valence-electron chi connectivity index (χ2n) is 3.15. The molecule has 0 atom stereocenters. The molecule has 0 aromatic heterocycles. The van der Waals surface area contributed by atoms with Gasteiger partial charge in [-0.2, -0.15) is 4.89 Å². The summed E-state index contributed by atoms with van der Waals surface area (Å²) in [5.41, 5.74) is 0.176. The van der Waals surface area contributed by atoms with Gasteiger partial charge < -0.3 is 5.11 Å². The van der Waals surface area contributed by atoms with E-state index in [9.17, 15) is 14.7 Å². The first kappa shape index (κ1) is 22.5. The maximum absolute atomic E-state index is 10.5. The lowest BCUT2D eigenvalue weighted by atomic mass is 10.3. The maximum atomic E-state index is 10.5. The summed E-state index contributed by atoms with van der Waals surface area (Å²) >= 11 is 0. The molecular formula is C13H23O6. The fourth-order valence-corrected chi connectivity index (χ4v) is 0.370. The number of carboxylic acids is 1. The van der Waals surface area contributed by atoms with E-state index in [4.69, 9.17) is 5.11 Å². The summed E-state index contributed by atoms with van der Waals surface area (Å²) in [4.78, 5) is 28.7. The van der Waals surface area contributed by atoms with Crippen molar-refractivity contribution in [1.29, 1.82) is 0 Å². The summed E-state index contributed by atoms with van der Waals surface area (Å²) in [6.07, 6.45) is 2.55. The summed E-state index contributed by atoms with van der Waals surface area (Å²) in [6, 6.07) is 0. The lowest BCUT2D eigenvalue weighted by Crippen LogP contribution is -2.03. The van der Waals surface area contributed by atoms with Crippen LogP contribution in [0.5, 0.6) is 0 Å². The molecule has 1 radical (unpaired) electrons. The van der Waals surface area contributed by atoms with E-state index in [0.717, 1.165) is 6.42 Å². The highest BCUT2D eigenvalue weighted by Gasteiger charge is 1.98. The number of hydrogen-bond donors (Lipinski definition) is 1. The molecule has 0 spiro atoms. The van der Waals surface area contributed by atoms with Crippen molar-refractivity contribution in [2.45, 2.75) is 33.6 Å². The van der Waals surface area contributed by atoms with Crippen molar-refractivity contribution in [3.8, 4) is 0 Å². The van der Waals surface area contributed by atoms with Crippen LogP contribution >= 0.6 is 0 Å². The van der Waals surface area contributed by atoms with Crippen LogP contribution in [0.15, 0.2) is 24.8 Å². The second-order valence-corrected chi connectivity index (χ2v) is 3.15. The number of carbonyl (C=O) groups excluding carboxylic acids is 1. The molecule has 6 heteroatoms. The lowest BCUT2D eigenvalue weighted by molar-refractivity contribution is -0.269. The zero-order valence-corrected chi connectivity index (χ0v) is 11.8. The Balaban J connectivity index is -0.000000222. The summed E-state index contributed by atoms with van der Waals surface area (Å²) in [6.45, 7) is 11.7. The molecule has 0 aliphatic carbocycles. The van der Waals surface area contributed by atoms with Crippen molar-refractivity contribution in [3.05, 3.63) is 24.8 Å². The van der Waals surface area contributed by atoms with Crippen LogP contribution in [0.25, 0.3) is 0 Å². The molecule has 0 rings (SSSR count). The van der Waals surface area contributed by atoms with E-state index in [0.29, 0.717) is 13.0 Å². The van der Waals surface area contributed by atoms with Crippen LogP contribution in [0.3, 0.4) is 0 Å². The Hall–Kier alpha value is -1.66. The van der Waals surface area contributed by atoms with Crippen molar-refractivity contribution in [1.82, 2.24) is 0 Å². The number of carboxylic acid groups (broad SMARTS) is 1. The second kappa shape index (κ2) is 18.7. The normalized spacial score (nSPS) is 8.00. The number of hydrogen-bond acceptors (Lipinski definition) is 4. The van der Waals surface area contributed by atoms with Gasteiger partial charge in [-0.3, -0.25) is 4.89 Å². The SMILES string of the molecule is C=C(C)C(=O)O.C=CC[O].CCCC(=O)OOCC. The molecule has 0 aliphatic heterocycles. The predicted octanol–water partition coefficient (Wildman–Crippen LogP) is 2.53. The zero-order valence-electron chi connectivity index (χ0n) is 11.8. The van der Waals surface area contributed by atoms with Crippen molar-refractivity contribution >= 4 is 11.9 Å². The molecule has 0 bridgehead atoms. The van der Waals surface area contributed by atoms with Crippen molar-refractivity contribution in [2.24, 2.45) is 0 Å². The number of rotatable bonds is 6. The topological polar surface area (TPSA) is 92.7 Å². The summed E-state index contributed by atoms with van der Waals surface area (Å²) < 4.78 is 0. The molecule has 0 aliphatic rings. The molecular weight excluding hydrogens is 252 g/mol. The minimum Gasteiger partial charge on any atom is -0.478 e. The molecule has 0 fully saturated rings. The third-order valence-electron chi connectivity index (χ3n) is 1.21. The van der Waals surface area contributed by atoms with Gasteiger partial charge in [0.1, 0.15) is 6.61 Å². The largest absolute Gasteiger partial charge is 0.478 e. The van der Waals surface area contributed by atoms with E-state index in [2.05, 4.69) is 22.9 Å². The fourth-order valence-electron chi connectivity index (χ4n) is 0.370. The van der Waals surface area contributed by atoms with E-state index in [-0.39, 0.29) is 18.1 Å². The van der Waals surface area contributed by atoms with Gasteiger partial charge in [-0.25, -0.2) is 14.7 Å². The van der Waals surface area contributed by atoms with Gasteiger partial charge in [0, 0.05) is 12.0 Å². The molecule has 19 heavy (non-hydrogen) atoms. The zero-order chi connectivity index (χ0) is 15.7. The molecule has 0 aromatic carbocycles. The summed E-state index contributed by atoms with van der Waals surface area (Å²) in [5.74, 6) is -1.23. The van der Waals surface area contributed by atoms with Gasteiger partial charge in [0.2, 0.25) is 0 Å². The van der Waals surface area contributed by atoms with Crippen LogP contribution in [0.2, 0.25) is 0 Å². The van der Waals surface area contributed by atoms with E-state index in [1.165, 1.54) is 13.0 Å². The molecule has 0 amide bonds. The fraction of sp³-hybridized carbons (Fsp3) is 0.538. The van der Waals surface area contributed by atoms with Gasteiger partial charge in [0.05, 0.1) is 6.61 Å². The molecule has 0 heterocycles. The molecule has 1 N–H and O–H groups in total. The summed E-state index contributed by atoms with van der Waals surface area (Å²) in [7, 11) is 0. The Bertz CT molecular complexity index is 248. The smallest absolute Gasteiger partial charge is 0.342 e. The van der Waals surface area contributed by atoms with Crippen LogP contribution in [-0.2, 0) is 24.5 Å². The van der Waals surface area contributed by atoms with E-state index in [1.807, 2.05) is 6.92 Å².